The molecule has 3 aromatic carbocycles. The van der Waals surface area contributed by atoms with E-state index in [0.717, 1.165) is 22.0 Å². The largest absolute Gasteiger partial charge is 0.460 e. The number of esters is 1. The first-order valence-electron chi connectivity index (χ1n) is 12.5. The van der Waals surface area contributed by atoms with E-state index in [1.165, 1.54) is 10.4 Å². The molecule has 5 aromatic rings. The third-order valence-corrected chi connectivity index (χ3v) is 8.40. The number of fused-ring (bicyclic) bond motifs is 2. The standard InChI is InChI=1S/C30H28N2O5S/c1-3-36-30(33)29-21(2)26-19-25(14-15-27(26)37-29)38(34,35)32(18-16-22-9-5-4-6-10-22)20-24-12-7-11-23-13-8-17-31-28(23)24/h4-15,17,19H,3,16,18,20H2,1-2H3. The van der Waals surface area contributed by atoms with Crippen molar-refractivity contribution in [2.75, 3.05) is 13.2 Å². The monoisotopic (exact) mass is 528 g/mol. The first-order chi connectivity index (χ1) is 18.4. The number of furan rings is 1. The number of aryl methyl sites for hydroxylation is 1. The van der Waals surface area contributed by atoms with Crippen LogP contribution in [0, 0.1) is 6.92 Å². The van der Waals surface area contributed by atoms with Crippen LogP contribution < -0.4 is 0 Å². The predicted molar refractivity (Wildman–Crippen MR) is 146 cm³/mol. The number of benzene rings is 3. The van der Waals surface area contributed by atoms with Gasteiger partial charge in [-0.25, -0.2) is 13.2 Å². The zero-order valence-electron chi connectivity index (χ0n) is 21.3. The third kappa shape index (κ3) is 5.05. The molecule has 7 nitrogen and oxygen atoms in total. The molecule has 0 spiro atoms. The second kappa shape index (κ2) is 10.8. The Morgan fingerprint density at radius 2 is 1.79 bits per heavy atom. The summed E-state index contributed by atoms with van der Waals surface area (Å²) in [6.07, 6.45) is 2.27. The fourth-order valence-corrected chi connectivity index (χ4v) is 6.01. The summed E-state index contributed by atoms with van der Waals surface area (Å²) in [7, 11) is -3.92. The fourth-order valence-electron chi connectivity index (χ4n) is 4.57. The van der Waals surface area contributed by atoms with Crippen molar-refractivity contribution in [3.8, 4) is 0 Å². The average Bonchev–Trinajstić information content (AvgIpc) is 3.27. The number of carbonyl (C=O) groups excluding carboxylic acids is 1. The summed E-state index contributed by atoms with van der Waals surface area (Å²) < 4.78 is 40.4. The number of nitrogens with zero attached hydrogens (tertiary/aromatic N) is 2. The molecule has 0 saturated heterocycles. The molecule has 38 heavy (non-hydrogen) atoms. The van der Waals surface area contributed by atoms with E-state index in [9.17, 15) is 13.2 Å². The van der Waals surface area contributed by atoms with Crippen molar-refractivity contribution in [1.29, 1.82) is 0 Å². The molecule has 0 aliphatic rings. The van der Waals surface area contributed by atoms with Gasteiger partial charge in [0, 0.05) is 35.6 Å². The maximum atomic E-state index is 14.1. The first-order valence-corrected chi connectivity index (χ1v) is 13.9. The number of hydrogen-bond acceptors (Lipinski definition) is 6. The number of carbonyl (C=O) groups is 1. The Morgan fingerprint density at radius 3 is 2.58 bits per heavy atom. The summed E-state index contributed by atoms with van der Waals surface area (Å²) in [5, 5.41) is 1.51. The van der Waals surface area contributed by atoms with Gasteiger partial charge in [0.1, 0.15) is 5.58 Å². The fraction of sp³-hybridized carbons (Fsp3) is 0.200. The van der Waals surface area contributed by atoms with E-state index < -0.39 is 16.0 Å². The van der Waals surface area contributed by atoms with E-state index in [1.807, 2.05) is 60.7 Å². The lowest BCUT2D eigenvalue weighted by Crippen LogP contribution is -2.32. The predicted octanol–water partition coefficient (Wildman–Crippen LogP) is 5.90. The van der Waals surface area contributed by atoms with Gasteiger partial charge in [-0.1, -0.05) is 54.6 Å². The van der Waals surface area contributed by atoms with Crippen molar-refractivity contribution in [2.24, 2.45) is 0 Å². The Morgan fingerprint density at radius 1 is 1.00 bits per heavy atom. The molecule has 2 aromatic heterocycles. The average molecular weight is 529 g/mol. The van der Waals surface area contributed by atoms with Gasteiger partial charge in [0.2, 0.25) is 15.8 Å². The van der Waals surface area contributed by atoms with Crippen LogP contribution in [0.5, 0.6) is 0 Å². The number of hydrogen-bond donors (Lipinski definition) is 0. The van der Waals surface area contributed by atoms with Crippen LogP contribution in [0.2, 0.25) is 0 Å². The van der Waals surface area contributed by atoms with Crippen LogP contribution in [-0.4, -0.2) is 36.8 Å². The summed E-state index contributed by atoms with van der Waals surface area (Å²) in [5.74, 6) is -0.488. The van der Waals surface area contributed by atoms with Crippen LogP contribution in [0.3, 0.4) is 0 Å². The number of pyridine rings is 1. The van der Waals surface area contributed by atoms with E-state index in [2.05, 4.69) is 4.98 Å². The summed E-state index contributed by atoms with van der Waals surface area (Å²) in [6.45, 7) is 4.11. The molecule has 2 heterocycles. The molecule has 0 saturated carbocycles. The molecule has 0 aliphatic carbocycles. The van der Waals surface area contributed by atoms with Crippen LogP contribution in [0.25, 0.3) is 21.9 Å². The van der Waals surface area contributed by atoms with Crippen LogP contribution in [0.4, 0.5) is 0 Å². The van der Waals surface area contributed by atoms with Crippen LogP contribution in [-0.2, 0) is 27.7 Å². The minimum absolute atomic E-state index is 0.0826. The zero-order chi connectivity index (χ0) is 26.7. The Kier molecular flexibility index (Phi) is 7.26. The van der Waals surface area contributed by atoms with Gasteiger partial charge in [0.15, 0.2) is 0 Å². The summed E-state index contributed by atoms with van der Waals surface area (Å²) in [4.78, 5) is 17.0. The highest BCUT2D eigenvalue weighted by atomic mass is 32.2. The maximum Gasteiger partial charge on any atom is 0.374 e. The van der Waals surface area contributed by atoms with E-state index >= 15 is 0 Å². The Balaban J connectivity index is 1.54. The topological polar surface area (TPSA) is 89.7 Å². The minimum atomic E-state index is -3.92. The molecule has 0 amide bonds. The van der Waals surface area contributed by atoms with Crippen molar-refractivity contribution in [3.63, 3.8) is 0 Å². The number of para-hydroxylation sites is 1. The van der Waals surface area contributed by atoms with Gasteiger partial charge in [-0.15, -0.1) is 0 Å². The molecule has 0 radical (unpaired) electrons. The highest BCUT2D eigenvalue weighted by Gasteiger charge is 2.27. The highest BCUT2D eigenvalue weighted by Crippen LogP contribution is 2.30. The summed E-state index contributed by atoms with van der Waals surface area (Å²) >= 11 is 0. The Labute approximate surface area is 221 Å². The van der Waals surface area contributed by atoms with Gasteiger partial charge in [0.25, 0.3) is 0 Å². The van der Waals surface area contributed by atoms with Crippen LogP contribution in [0.15, 0.2) is 94.4 Å². The number of aromatic nitrogens is 1. The third-order valence-electron chi connectivity index (χ3n) is 6.56. The van der Waals surface area contributed by atoms with E-state index in [1.54, 1.807) is 32.2 Å². The Hall–Kier alpha value is -4.01. The van der Waals surface area contributed by atoms with Gasteiger partial charge in [-0.2, -0.15) is 4.31 Å². The van der Waals surface area contributed by atoms with Gasteiger partial charge >= 0.3 is 5.97 Å². The molecular weight excluding hydrogens is 500 g/mol. The molecule has 8 heteroatoms. The molecule has 5 rings (SSSR count). The normalized spacial score (nSPS) is 11.9. The molecule has 0 bridgehead atoms. The van der Waals surface area contributed by atoms with Crippen molar-refractivity contribution < 1.29 is 22.4 Å². The molecule has 0 unspecified atom stereocenters. The SMILES string of the molecule is CCOC(=O)c1oc2ccc(S(=O)(=O)N(CCc3ccccc3)Cc3cccc4cccnc34)cc2c1C. The lowest BCUT2D eigenvalue weighted by atomic mass is 10.1. The number of sulfonamides is 1. The molecule has 0 fully saturated rings. The lowest BCUT2D eigenvalue weighted by Gasteiger charge is -2.23. The Bertz CT molecular complexity index is 1710. The van der Waals surface area contributed by atoms with Crippen molar-refractivity contribution in [2.45, 2.75) is 31.7 Å². The summed E-state index contributed by atoms with van der Waals surface area (Å²) in [5.41, 5.74) is 3.62. The van der Waals surface area contributed by atoms with Gasteiger partial charge in [-0.3, -0.25) is 4.98 Å². The first kappa shape index (κ1) is 25.6. The maximum absolute atomic E-state index is 14.1. The second-order valence-corrected chi connectivity index (χ2v) is 10.9. The zero-order valence-corrected chi connectivity index (χ0v) is 22.1. The highest BCUT2D eigenvalue weighted by molar-refractivity contribution is 7.89. The van der Waals surface area contributed by atoms with Crippen LogP contribution >= 0.6 is 0 Å². The molecule has 194 valence electrons. The number of ether oxygens (including phenoxy) is 1. The van der Waals surface area contributed by atoms with Crippen molar-refractivity contribution >= 4 is 37.9 Å². The van der Waals surface area contributed by atoms with E-state index in [0.29, 0.717) is 23.0 Å². The van der Waals surface area contributed by atoms with E-state index in [-0.39, 0.29) is 30.4 Å². The second-order valence-electron chi connectivity index (χ2n) is 9.00. The quantitative estimate of drug-likeness (QED) is 0.221. The minimum Gasteiger partial charge on any atom is -0.460 e. The van der Waals surface area contributed by atoms with Gasteiger partial charge < -0.3 is 9.15 Å². The lowest BCUT2D eigenvalue weighted by molar-refractivity contribution is 0.0491. The van der Waals surface area contributed by atoms with E-state index in [4.69, 9.17) is 9.15 Å². The molecule has 0 aliphatic heterocycles. The van der Waals surface area contributed by atoms with Gasteiger partial charge in [0.05, 0.1) is 17.0 Å². The molecular formula is C30H28N2O5S. The van der Waals surface area contributed by atoms with Gasteiger partial charge in [-0.05, 0) is 55.7 Å². The van der Waals surface area contributed by atoms with Crippen molar-refractivity contribution in [3.05, 3.63) is 108 Å². The number of rotatable bonds is 9. The summed E-state index contributed by atoms with van der Waals surface area (Å²) in [6, 6.07) is 24.1. The van der Waals surface area contributed by atoms with Crippen LogP contribution in [0.1, 0.15) is 34.2 Å². The molecule has 0 N–H and O–H groups in total. The smallest absolute Gasteiger partial charge is 0.374 e. The molecule has 0 atom stereocenters. The van der Waals surface area contributed by atoms with Crippen molar-refractivity contribution in [1.82, 2.24) is 9.29 Å².